The summed E-state index contributed by atoms with van der Waals surface area (Å²) in [6.45, 7) is 1.30. The molecule has 1 aromatic carbocycles. The van der Waals surface area contributed by atoms with Crippen molar-refractivity contribution in [3.63, 3.8) is 0 Å². The molecule has 0 aromatic heterocycles. The van der Waals surface area contributed by atoms with Gasteiger partial charge in [-0.25, -0.2) is 0 Å². The van der Waals surface area contributed by atoms with Gasteiger partial charge in [0.1, 0.15) is 0 Å². The van der Waals surface area contributed by atoms with E-state index in [9.17, 15) is 4.79 Å². The van der Waals surface area contributed by atoms with E-state index in [1.807, 2.05) is 0 Å². The Morgan fingerprint density at radius 1 is 1.56 bits per heavy atom. The molecule has 86 valence electrons. The van der Waals surface area contributed by atoms with Gasteiger partial charge in [0.05, 0.1) is 17.8 Å². The van der Waals surface area contributed by atoms with Crippen molar-refractivity contribution < 1.29 is 19.5 Å². The van der Waals surface area contributed by atoms with Crippen LogP contribution in [0.25, 0.3) is 0 Å². The molecule has 0 unspecified atom stereocenters. The maximum Gasteiger partial charge on any atom is 0.308 e. The summed E-state index contributed by atoms with van der Waals surface area (Å²) in [5.74, 6) is 0.229. The molecule has 5 nitrogen and oxygen atoms in total. The second kappa shape index (κ2) is 5.50. The number of oxime groups is 1. The maximum atomic E-state index is 10.9. The predicted octanol–water partition coefficient (Wildman–Crippen LogP) is 2.19. The van der Waals surface area contributed by atoms with E-state index in [1.54, 1.807) is 12.1 Å². The lowest BCUT2D eigenvalue weighted by Gasteiger charge is -2.10. The number of carbonyl (C=O) groups is 1. The Morgan fingerprint density at radius 3 is 2.75 bits per heavy atom. The lowest BCUT2D eigenvalue weighted by atomic mass is 10.2. The van der Waals surface area contributed by atoms with Crippen molar-refractivity contribution in [1.82, 2.24) is 0 Å². The smallest absolute Gasteiger partial charge is 0.308 e. The summed E-state index contributed by atoms with van der Waals surface area (Å²) in [6.07, 6.45) is 1.24. The molecule has 0 saturated heterocycles. The Hall–Kier alpha value is -1.56. The number of hydrogen-bond donors (Lipinski definition) is 1. The van der Waals surface area contributed by atoms with Crippen LogP contribution in [0.5, 0.6) is 11.5 Å². The Kier molecular flexibility index (Phi) is 4.30. The second-order valence-corrected chi connectivity index (χ2v) is 3.73. The Morgan fingerprint density at radius 2 is 2.25 bits per heavy atom. The van der Waals surface area contributed by atoms with Crippen LogP contribution in [0, 0.1) is 0 Å². The third kappa shape index (κ3) is 2.96. The van der Waals surface area contributed by atoms with Crippen molar-refractivity contribution >= 4 is 28.1 Å². The summed E-state index contributed by atoms with van der Waals surface area (Å²) in [4.78, 5) is 10.9. The normalized spacial score (nSPS) is 10.4. The van der Waals surface area contributed by atoms with Crippen LogP contribution in [-0.2, 0) is 4.79 Å². The summed E-state index contributed by atoms with van der Waals surface area (Å²) < 4.78 is 10.6. The van der Waals surface area contributed by atoms with Crippen LogP contribution in [-0.4, -0.2) is 24.5 Å². The van der Waals surface area contributed by atoms with Gasteiger partial charge in [0.15, 0.2) is 11.5 Å². The van der Waals surface area contributed by atoms with E-state index in [-0.39, 0.29) is 0 Å². The summed E-state index contributed by atoms with van der Waals surface area (Å²) in [5.41, 5.74) is 0.613. The third-order valence-corrected chi connectivity index (χ3v) is 2.29. The fourth-order valence-corrected chi connectivity index (χ4v) is 1.66. The van der Waals surface area contributed by atoms with Gasteiger partial charge in [-0.1, -0.05) is 5.16 Å². The number of nitrogens with zero attached hydrogens (tertiary/aromatic N) is 1. The number of halogens is 1. The lowest BCUT2D eigenvalue weighted by molar-refractivity contribution is -0.132. The molecular weight excluding hydrogens is 278 g/mol. The van der Waals surface area contributed by atoms with Gasteiger partial charge in [-0.2, -0.15) is 0 Å². The van der Waals surface area contributed by atoms with Crippen LogP contribution < -0.4 is 9.47 Å². The van der Waals surface area contributed by atoms with Gasteiger partial charge in [-0.3, -0.25) is 4.79 Å². The summed E-state index contributed by atoms with van der Waals surface area (Å²) in [7, 11) is 1.45. The molecule has 1 aromatic rings. The molecule has 6 heteroatoms. The Bertz CT molecular complexity index is 431. The molecule has 0 bridgehead atoms. The highest BCUT2D eigenvalue weighted by Crippen LogP contribution is 2.36. The van der Waals surface area contributed by atoms with Crippen molar-refractivity contribution in [2.75, 3.05) is 7.11 Å². The van der Waals surface area contributed by atoms with Crippen LogP contribution in [0.1, 0.15) is 12.5 Å². The van der Waals surface area contributed by atoms with Crippen LogP contribution in [0.15, 0.2) is 21.8 Å². The van der Waals surface area contributed by atoms with E-state index in [0.717, 1.165) is 0 Å². The molecule has 0 aliphatic carbocycles. The fraction of sp³-hybridized carbons (Fsp3) is 0.200. The van der Waals surface area contributed by atoms with Gasteiger partial charge in [-0.15, -0.1) is 0 Å². The highest BCUT2D eigenvalue weighted by molar-refractivity contribution is 9.10. The third-order valence-electron chi connectivity index (χ3n) is 1.70. The zero-order valence-electron chi connectivity index (χ0n) is 8.73. The molecule has 0 radical (unpaired) electrons. The zero-order chi connectivity index (χ0) is 12.1. The Labute approximate surface area is 101 Å². The molecule has 0 fully saturated rings. The molecule has 0 aliphatic rings. The topological polar surface area (TPSA) is 68.1 Å². The van der Waals surface area contributed by atoms with Crippen molar-refractivity contribution in [2.45, 2.75) is 6.92 Å². The largest absolute Gasteiger partial charge is 0.493 e. The average Bonchev–Trinajstić information content (AvgIpc) is 2.21. The highest BCUT2D eigenvalue weighted by atomic mass is 79.9. The molecule has 16 heavy (non-hydrogen) atoms. The molecule has 1 rings (SSSR count). The molecule has 0 saturated carbocycles. The van der Waals surface area contributed by atoms with Crippen molar-refractivity contribution in [2.24, 2.45) is 5.16 Å². The van der Waals surface area contributed by atoms with E-state index in [2.05, 4.69) is 21.1 Å². The van der Waals surface area contributed by atoms with Crippen LogP contribution in [0.4, 0.5) is 0 Å². The number of carbonyl (C=O) groups excluding carboxylic acids is 1. The first-order chi connectivity index (χ1) is 7.58. The molecule has 0 heterocycles. The van der Waals surface area contributed by atoms with Gasteiger partial charge in [0.2, 0.25) is 0 Å². The summed E-state index contributed by atoms with van der Waals surface area (Å²) in [6, 6.07) is 3.23. The molecule has 0 spiro atoms. The van der Waals surface area contributed by atoms with E-state index >= 15 is 0 Å². The molecular formula is C10H10BrNO4. The number of ether oxygens (including phenoxy) is 2. The number of hydrogen-bond acceptors (Lipinski definition) is 5. The van der Waals surface area contributed by atoms with Crippen LogP contribution in [0.3, 0.4) is 0 Å². The number of esters is 1. The first kappa shape index (κ1) is 12.5. The predicted molar refractivity (Wildman–Crippen MR) is 61.4 cm³/mol. The van der Waals surface area contributed by atoms with Crippen molar-refractivity contribution in [1.29, 1.82) is 0 Å². The van der Waals surface area contributed by atoms with E-state index < -0.39 is 5.97 Å². The molecule has 1 N–H and O–H groups in total. The van der Waals surface area contributed by atoms with Crippen molar-refractivity contribution in [3.05, 3.63) is 22.2 Å². The van der Waals surface area contributed by atoms with Gasteiger partial charge < -0.3 is 14.7 Å². The minimum Gasteiger partial charge on any atom is -0.493 e. The lowest BCUT2D eigenvalue weighted by Crippen LogP contribution is -2.04. The molecule has 0 aliphatic heterocycles. The Balaban J connectivity index is 3.22. The minimum atomic E-state index is -0.442. The molecule has 0 amide bonds. The quantitative estimate of drug-likeness (QED) is 0.304. The van der Waals surface area contributed by atoms with Gasteiger partial charge >= 0.3 is 5.97 Å². The van der Waals surface area contributed by atoms with E-state index in [1.165, 1.54) is 20.2 Å². The molecule has 0 atom stereocenters. The first-order valence-corrected chi connectivity index (χ1v) is 5.11. The fourth-order valence-electron chi connectivity index (χ4n) is 1.12. The summed E-state index contributed by atoms with van der Waals surface area (Å²) >= 11 is 3.24. The first-order valence-electron chi connectivity index (χ1n) is 4.32. The summed E-state index contributed by atoms with van der Waals surface area (Å²) in [5, 5.41) is 11.3. The standard InChI is InChI=1S/C10H10BrNO4/c1-6(13)16-10-8(11)3-7(5-12-14)4-9(10)15-2/h3-5,14H,1-2H3/b12-5+. The van der Waals surface area contributed by atoms with Gasteiger partial charge in [-0.05, 0) is 28.1 Å². The van der Waals surface area contributed by atoms with Crippen molar-refractivity contribution in [3.8, 4) is 11.5 Å². The maximum absolute atomic E-state index is 10.9. The van der Waals surface area contributed by atoms with Crippen LogP contribution in [0.2, 0.25) is 0 Å². The van der Waals surface area contributed by atoms with Gasteiger partial charge in [0.25, 0.3) is 0 Å². The zero-order valence-corrected chi connectivity index (χ0v) is 10.3. The number of methoxy groups -OCH3 is 1. The number of benzene rings is 1. The average molecular weight is 288 g/mol. The minimum absolute atomic E-state index is 0.296. The van der Waals surface area contributed by atoms with Crippen LogP contribution >= 0.6 is 15.9 Å². The van der Waals surface area contributed by atoms with E-state index in [0.29, 0.717) is 21.5 Å². The van der Waals surface area contributed by atoms with E-state index in [4.69, 9.17) is 14.7 Å². The monoisotopic (exact) mass is 287 g/mol. The second-order valence-electron chi connectivity index (χ2n) is 2.87. The number of rotatable bonds is 3. The SMILES string of the molecule is COc1cc(/C=N/O)cc(Br)c1OC(C)=O. The van der Waals surface area contributed by atoms with Gasteiger partial charge in [0, 0.05) is 12.5 Å². The highest BCUT2D eigenvalue weighted by Gasteiger charge is 2.12.